The number of carbonyl (C=O) groups excluding carboxylic acids is 1. The number of rotatable bonds is 4. The molecule has 0 aliphatic carbocycles. The molecule has 1 heterocycles. The van der Waals surface area contributed by atoms with Gasteiger partial charge in [0.2, 0.25) is 0 Å². The van der Waals surface area contributed by atoms with Gasteiger partial charge in [-0.1, -0.05) is 11.6 Å². The summed E-state index contributed by atoms with van der Waals surface area (Å²) in [6, 6.07) is 5.34. The number of ether oxygens (including phenoxy) is 2. The Morgan fingerprint density at radius 2 is 2.33 bits per heavy atom. The molecule has 1 aromatic carbocycles. The second-order valence-corrected chi connectivity index (χ2v) is 5.01. The Labute approximate surface area is 112 Å². The Morgan fingerprint density at radius 1 is 1.56 bits per heavy atom. The zero-order valence-corrected chi connectivity index (χ0v) is 11.4. The standard InChI is InChI=1S/C14H17ClO3/c1-9-12(5-6-18-9)13(16)8-10-7-11(15)3-4-14(10)17-2/h3-4,7,9,12H,5-6,8H2,1-2H3. The fourth-order valence-corrected chi connectivity index (χ4v) is 2.55. The van der Waals surface area contributed by atoms with Crippen LogP contribution in [0.4, 0.5) is 0 Å². The predicted molar refractivity (Wildman–Crippen MR) is 70.2 cm³/mol. The van der Waals surface area contributed by atoms with Crippen molar-refractivity contribution in [3.63, 3.8) is 0 Å². The second-order valence-electron chi connectivity index (χ2n) is 4.57. The maximum atomic E-state index is 12.2. The highest BCUT2D eigenvalue weighted by molar-refractivity contribution is 6.30. The molecule has 4 heteroatoms. The highest BCUT2D eigenvalue weighted by Gasteiger charge is 2.30. The lowest BCUT2D eigenvalue weighted by atomic mass is 9.92. The average Bonchev–Trinajstić information content (AvgIpc) is 2.76. The van der Waals surface area contributed by atoms with E-state index in [1.165, 1.54) is 0 Å². The summed E-state index contributed by atoms with van der Waals surface area (Å²) in [4.78, 5) is 12.2. The molecule has 0 radical (unpaired) electrons. The molecular weight excluding hydrogens is 252 g/mol. The van der Waals surface area contributed by atoms with E-state index >= 15 is 0 Å². The first-order chi connectivity index (χ1) is 8.61. The maximum Gasteiger partial charge on any atom is 0.143 e. The molecule has 2 atom stereocenters. The van der Waals surface area contributed by atoms with Crippen molar-refractivity contribution >= 4 is 17.4 Å². The lowest BCUT2D eigenvalue weighted by molar-refractivity contribution is -0.123. The summed E-state index contributed by atoms with van der Waals surface area (Å²) in [6.45, 7) is 2.62. The number of hydrogen-bond donors (Lipinski definition) is 0. The first-order valence-electron chi connectivity index (χ1n) is 6.08. The van der Waals surface area contributed by atoms with Gasteiger partial charge in [-0.3, -0.25) is 4.79 Å². The molecule has 0 spiro atoms. The Balaban J connectivity index is 2.13. The summed E-state index contributed by atoms with van der Waals surface area (Å²) >= 11 is 5.95. The third-order valence-corrected chi connectivity index (χ3v) is 3.63. The van der Waals surface area contributed by atoms with Gasteiger partial charge in [-0.15, -0.1) is 0 Å². The molecule has 0 N–H and O–H groups in total. The van der Waals surface area contributed by atoms with Crippen molar-refractivity contribution in [2.45, 2.75) is 25.9 Å². The molecule has 18 heavy (non-hydrogen) atoms. The third kappa shape index (κ3) is 2.85. The van der Waals surface area contributed by atoms with Crippen LogP contribution in [0, 0.1) is 5.92 Å². The fraction of sp³-hybridized carbons (Fsp3) is 0.500. The number of benzene rings is 1. The zero-order valence-electron chi connectivity index (χ0n) is 10.6. The normalized spacial score (nSPS) is 23.1. The highest BCUT2D eigenvalue weighted by Crippen LogP contribution is 2.27. The first kappa shape index (κ1) is 13.4. The van der Waals surface area contributed by atoms with Crippen LogP contribution in [0.3, 0.4) is 0 Å². The van der Waals surface area contributed by atoms with Gasteiger partial charge in [0, 0.05) is 29.5 Å². The number of carbonyl (C=O) groups is 1. The van der Waals surface area contributed by atoms with Gasteiger partial charge in [0.1, 0.15) is 11.5 Å². The van der Waals surface area contributed by atoms with E-state index < -0.39 is 0 Å². The summed E-state index contributed by atoms with van der Waals surface area (Å²) in [5.41, 5.74) is 0.842. The smallest absolute Gasteiger partial charge is 0.143 e. The summed E-state index contributed by atoms with van der Waals surface area (Å²) in [5, 5.41) is 0.620. The van der Waals surface area contributed by atoms with E-state index in [-0.39, 0.29) is 17.8 Å². The van der Waals surface area contributed by atoms with Crippen LogP contribution < -0.4 is 4.74 Å². The second kappa shape index (κ2) is 5.72. The molecule has 0 bridgehead atoms. The molecule has 1 saturated heterocycles. The number of methoxy groups -OCH3 is 1. The van der Waals surface area contributed by atoms with E-state index in [1.807, 2.05) is 6.92 Å². The molecule has 0 aromatic heterocycles. The van der Waals surface area contributed by atoms with E-state index in [4.69, 9.17) is 21.1 Å². The largest absolute Gasteiger partial charge is 0.496 e. The van der Waals surface area contributed by atoms with Crippen molar-refractivity contribution in [1.82, 2.24) is 0 Å². The minimum absolute atomic E-state index is 0.00584. The van der Waals surface area contributed by atoms with E-state index in [2.05, 4.69) is 0 Å². The quantitative estimate of drug-likeness (QED) is 0.842. The van der Waals surface area contributed by atoms with Crippen LogP contribution in [0.25, 0.3) is 0 Å². The lowest BCUT2D eigenvalue weighted by Crippen LogP contribution is -2.23. The Bertz CT molecular complexity index is 445. The van der Waals surface area contributed by atoms with Crippen LogP contribution in [0.2, 0.25) is 5.02 Å². The molecule has 2 unspecified atom stereocenters. The number of Topliss-reactive ketones (excluding diaryl/α,β-unsaturated/α-hetero) is 1. The van der Waals surface area contributed by atoms with Crippen molar-refractivity contribution in [3.8, 4) is 5.75 Å². The Morgan fingerprint density at radius 3 is 2.94 bits per heavy atom. The van der Waals surface area contributed by atoms with Crippen LogP contribution in [0.15, 0.2) is 18.2 Å². The lowest BCUT2D eigenvalue weighted by Gasteiger charge is -2.14. The molecular formula is C14H17ClO3. The van der Waals surface area contributed by atoms with Crippen molar-refractivity contribution in [2.75, 3.05) is 13.7 Å². The molecule has 1 fully saturated rings. The molecule has 1 aromatic rings. The fourth-order valence-electron chi connectivity index (χ4n) is 2.36. The van der Waals surface area contributed by atoms with Gasteiger partial charge in [-0.25, -0.2) is 0 Å². The van der Waals surface area contributed by atoms with E-state index in [0.717, 1.165) is 12.0 Å². The van der Waals surface area contributed by atoms with Gasteiger partial charge in [-0.05, 0) is 31.5 Å². The molecule has 1 aliphatic heterocycles. The molecule has 0 amide bonds. The van der Waals surface area contributed by atoms with Gasteiger partial charge in [0.25, 0.3) is 0 Å². The van der Waals surface area contributed by atoms with Gasteiger partial charge >= 0.3 is 0 Å². The summed E-state index contributed by atoms with van der Waals surface area (Å²) < 4.78 is 10.7. The minimum Gasteiger partial charge on any atom is -0.496 e. The topological polar surface area (TPSA) is 35.5 Å². The van der Waals surface area contributed by atoms with Crippen molar-refractivity contribution in [1.29, 1.82) is 0 Å². The van der Waals surface area contributed by atoms with Crippen LogP contribution in [-0.2, 0) is 16.0 Å². The van der Waals surface area contributed by atoms with Crippen molar-refractivity contribution in [3.05, 3.63) is 28.8 Å². The number of halogens is 1. The van der Waals surface area contributed by atoms with Crippen LogP contribution >= 0.6 is 11.6 Å². The van der Waals surface area contributed by atoms with E-state index in [1.54, 1.807) is 25.3 Å². The van der Waals surface area contributed by atoms with Crippen molar-refractivity contribution < 1.29 is 14.3 Å². The molecule has 3 nitrogen and oxygen atoms in total. The van der Waals surface area contributed by atoms with Gasteiger partial charge in [0.05, 0.1) is 13.2 Å². The zero-order chi connectivity index (χ0) is 13.1. The Kier molecular flexibility index (Phi) is 4.25. The minimum atomic E-state index is -0.00584. The SMILES string of the molecule is COc1ccc(Cl)cc1CC(=O)C1CCOC1C. The van der Waals surface area contributed by atoms with E-state index in [9.17, 15) is 4.79 Å². The summed E-state index contributed by atoms with van der Waals surface area (Å²) in [5.74, 6) is 0.897. The molecule has 2 rings (SSSR count). The van der Waals surface area contributed by atoms with Crippen LogP contribution in [0.5, 0.6) is 5.75 Å². The van der Waals surface area contributed by atoms with Crippen LogP contribution in [0.1, 0.15) is 18.9 Å². The van der Waals surface area contributed by atoms with Gasteiger partial charge < -0.3 is 9.47 Å². The first-order valence-corrected chi connectivity index (χ1v) is 6.46. The average molecular weight is 269 g/mol. The Hall–Kier alpha value is -1.06. The number of hydrogen-bond acceptors (Lipinski definition) is 3. The monoisotopic (exact) mass is 268 g/mol. The van der Waals surface area contributed by atoms with Crippen molar-refractivity contribution in [2.24, 2.45) is 5.92 Å². The molecule has 1 aliphatic rings. The number of ketones is 1. The third-order valence-electron chi connectivity index (χ3n) is 3.40. The molecule has 0 saturated carbocycles. The summed E-state index contributed by atoms with van der Waals surface area (Å²) in [6.07, 6.45) is 1.17. The predicted octanol–water partition coefficient (Wildman–Crippen LogP) is 2.89. The highest BCUT2D eigenvalue weighted by atomic mass is 35.5. The summed E-state index contributed by atoms with van der Waals surface area (Å²) in [7, 11) is 1.60. The molecule has 98 valence electrons. The van der Waals surface area contributed by atoms with Gasteiger partial charge in [0.15, 0.2) is 0 Å². The van der Waals surface area contributed by atoms with Crippen LogP contribution in [-0.4, -0.2) is 25.6 Å². The van der Waals surface area contributed by atoms with E-state index in [0.29, 0.717) is 23.8 Å². The van der Waals surface area contributed by atoms with Gasteiger partial charge in [-0.2, -0.15) is 0 Å². The maximum absolute atomic E-state index is 12.2.